The molecule has 0 fully saturated rings. The summed E-state index contributed by atoms with van der Waals surface area (Å²) in [5.41, 5.74) is 1.08. The molecule has 0 aliphatic rings. The van der Waals surface area contributed by atoms with Gasteiger partial charge in [-0.15, -0.1) is 0 Å². The van der Waals surface area contributed by atoms with Crippen molar-refractivity contribution in [3.05, 3.63) is 30.4 Å². The minimum Gasteiger partial charge on any atom is -0.299 e. The summed E-state index contributed by atoms with van der Waals surface area (Å²) in [5, 5.41) is 4.04. The fraction of sp³-hybridized carbons (Fsp3) is 0.333. The van der Waals surface area contributed by atoms with E-state index < -0.39 is 0 Å². The van der Waals surface area contributed by atoms with E-state index in [1.165, 1.54) is 6.20 Å². The average Bonchev–Trinajstić information content (AvgIpc) is 2.72. The van der Waals surface area contributed by atoms with Crippen molar-refractivity contribution in [1.82, 2.24) is 14.6 Å². The summed E-state index contributed by atoms with van der Waals surface area (Å²) < 4.78 is 1.57. The van der Waals surface area contributed by atoms with Crippen molar-refractivity contribution in [2.24, 2.45) is 5.92 Å². The zero-order chi connectivity index (χ0) is 12.4. The number of fused-ring (bicyclic) bond motifs is 1. The molecule has 0 atom stereocenters. The van der Waals surface area contributed by atoms with Gasteiger partial charge in [0.25, 0.3) is 0 Å². The number of ketones is 2. The van der Waals surface area contributed by atoms with Gasteiger partial charge in [0.15, 0.2) is 5.78 Å². The average molecular weight is 231 g/mol. The summed E-state index contributed by atoms with van der Waals surface area (Å²) in [5.74, 6) is -0.385. The first-order valence-electron chi connectivity index (χ1n) is 5.43. The second-order valence-electron chi connectivity index (χ2n) is 4.19. The SMILES string of the molecule is CC(C)C(=O)CC(=O)c1cnn2ccncc12. The first-order valence-corrected chi connectivity index (χ1v) is 5.43. The molecular weight excluding hydrogens is 218 g/mol. The van der Waals surface area contributed by atoms with Gasteiger partial charge in [-0.2, -0.15) is 5.10 Å². The molecule has 0 spiro atoms. The van der Waals surface area contributed by atoms with Gasteiger partial charge in [-0.05, 0) is 0 Å². The van der Waals surface area contributed by atoms with Crippen molar-refractivity contribution < 1.29 is 9.59 Å². The molecule has 5 nitrogen and oxygen atoms in total. The number of rotatable bonds is 4. The lowest BCUT2D eigenvalue weighted by Gasteiger charge is -2.02. The van der Waals surface area contributed by atoms with Crippen molar-refractivity contribution in [1.29, 1.82) is 0 Å². The topological polar surface area (TPSA) is 64.3 Å². The second kappa shape index (κ2) is 4.45. The molecule has 0 unspecified atom stereocenters. The Morgan fingerprint density at radius 3 is 2.82 bits per heavy atom. The largest absolute Gasteiger partial charge is 0.299 e. The van der Waals surface area contributed by atoms with Crippen LogP contribution in [0.3, 0.4) is 0 Å². The maximum atomic E-state index is 11.9. The maximum Gasteiger partial charge on any atom is 0.174 e. The Hall–Kier alpha value is -2.04. The molecule has 2 aromatic heterocycles. The van der Waals surface area contributed by atoms with Crippen LogP contribution >= 0.6 is 0 Å². The number of Topliss-reactive ketones (excluding diaryl/α,β-unsaturated/α-hetero) is 2. The monoisotopic (exact) mass is 231 g/mol. The third-order valence-corrected chi connectivity index (χ3v) is 2.60. The van der Waals surface area contributed by atoms with Crippen molar-refractivity contribution in [3.8, 4) is 0 Å². The quantitative estimate of drug-likeness (QED) is 0.591. The Kier molecular flexibility index (Phi) is 2.99. The van der Waals surface area contributed by atoms with Gasteiger partial charge in [0.1, 0.15) is 5.78 Å². The van der Waals surface area contributed by atoms with Gasteiger partial charge in [0.2, 0.25) is 0 Å². The third kappa shape index (κ3) is 2.22. The predicted octanol–water partition coefficient (Wildman–Crippen LogP) is 1.53. The van der Waals surface area contributed by atoms with Crippen LogP contribution in [0.4, 0.5) is 0 Å². The number of carbonyl (C=O) groups is 2. The van der Waals surface area contributed by atoms with Gasteiger partial charge in [0.05, 0.1) is 29.9 Å². The fourth-order valence-electron chi connectivity index (χ4n) is 1.51. The van der Waals surface area contributed by atoms with Crippen LogP contribution < -0.4 is 0 Å². The molecule has 2 aromatic rings. The molecule has 0 bridgehead atoms. The second-order valence-corrected chi connectivity index (χ2v) is 4.19. The van der Waals surface area contributed by atoms with E-state index >= 15 is 0 Å². The highest BCUT2D eigenvalue weighted by Gasteiger charge is 2.18. The lowest BCUT2D eigenvalue weighted by Crippen LogP contribution is -2.13. The Balaban J connectivity index is 2.28. The number of carbonyl (C=O) groups excluding carboxylic acids is 2. The molecule has 0 saturated heterocycles. The van der Waals surface area contributed by atoms with Crippen LogP contribution in [-0.4, -0.2) is 26.2 Å². The molecule has 0 radical (unpaired) electrons. The molecule has 2 heterocycles. The summed E-state index contributed by atoms with van der Waals surface area (Å²) in [4.78, 5) is 27.4. The zero-order valence-electron chi connectivity index (χ0n) is 9.75. The van der Waals surface area contributed by atoms with Crippen LogP contribution in [0.15, 0.2) is 24.8 Å². The Morgan fingerprint density at radius 1 is 1.35 bits per heavy atom. The van der Waals surface area contributed by atoms with E-state index in [4.69, 9.17) is 0 Å². The smallest absolute Gasteiger partial charge is 0.174 e. The van der Waals surface area contributed by atoms with E-state index in [2.05, 4.69) is 10.1 Å². The molecule has 0 aliphatic carbocycles. The summed E-state index contributed by atoms with van der Waals surface area (Å²) in [7, 11) is 0. The van der Waals surface area contributed by atoms with Crippen LogP contribution in [0.1, 0.15) is 30.6 Å². The van der Waals surface area contributed by atoms with Gasteiger partial charge < -0.3 is 0 Å². The predicted molar refractivity (Wildman–Crippen MR) is 61.8 cm³/mol. The van der Waals surface area contributed by atoms with E-state index in [0.29, 0.717) is 11.1 Å². The molecule has 0 amide bonds. The highest BCUT2D eigenvalue weighted by atomic mass is 16.1. The molecule has 88 valence electrons. The van der Waals surface area contributed by atoms with Crippen LogP contribution in [0.2, 0.25) is 0 Å². The molecule has 0 N–H and O–H groups in total. The molecule has 2 rings (SSSR count). The van der Waals surface area contributed by atoms with E-state index in [-0.39, 0.29) is 23.9 Å². The Labute approximate surface area is 98.5 Å². The van der Waals surface area contributed by atoms with E-state index in [0.717, 1.165) is 0 Å². The number of hydrogen-bond donors (Lipinski definition) is 0. The summed E-state index contributed by atoms with van der Waals surface area (Å²) in [6.07, 6.45) is 6.23. The summed E-state index contributed by atoms with van der Waals surface area (Å²) in [6.45, 7) is 3.57. The highest BCUT2D eigenvalue weighted by molar-refractivity contribution is 6.11. The molecule has 0 aliphatic heterocycles. The third-order valence-electron chi connectivity index (χ3n) is 2.60. The first-order chi connectivity index (χ1) is 8.09. The first kappa shape index (κ1) is 11.4. The zero-order valence-corrected chi connectivity index (χ0v) is 9.75. The molecule has 17 heavy (non-hydrogen) atoms. The number of aromatic nitrogens is 3. The number of nitrogens with zero attached hydrogens (tertiary/aromatic N) is 3. The van der Waals surface area contributed by atoms with E-state index in [9.17, 15) is 9.59 Å². The van der Waals surface area contributed by atoms with Crippen LogP contribution in [-0.2, 0) is 4.79 Å². The van der Waals surface area contributed by atoms with E-state index in [1.54, 1.807) is 37.0 Å². The van der Waals surface area contributed by atoms with Crippen LogP contribution in [0.25, 0.3) is 5.52 Å². The van der Waals surface area contributed by atoms with Crippen molar-refractivity contribution in [3.63, 3.8) is 0 Å². The number of hydrogen-bond acceptors (Lipinski definition) is 4. The van der Waals surface area contributed by atoms with Gasteiger partial charge in [-0.1, -0.05) is 13.8 Å². The lowest BCUT2D eigenvalue weighted by molar-refractivity contribution is -0.121. The van der Waals surface area contributed by atoms with Gasteiger partial charge in [0, 0.05) is 18.3 Å². The summed E-state index contributed by atoms with van der Waals surface area (Å²) >= 11 is 0. The summed E-state index contributed by atoms with van der Waals surface area (Å²) in [6, 6.07) is 0. The fourth-order valence-corrected chi connectivity index (χ4v) is 1.51. The Morgan fingerprint density at radius 2 is 2.12 bits per heavy atom. The van der Waals surface area contributed by atoms with Crippen molar-refractivity contribution >= 4 is 17.1 Å². The van der Waals surface area contributed by atoms with Gasteiger partial charge >= 0.3 is 0 Å². The normalized spacial score (nSPS) is 11.0. The highest BCUT2D eigenvalue weighted by Crippen LogP contribution is 2.12. The van der Waals surface area contributed by atoms with Gasteiger partial charge in [-0.3, -0.25) is 14.6 Å². The Bertz CT molecular complexity index is 572. The molecule has 0 aromatic carbocycles. The lowest BCUT2D eigenvalue weighted by atomic mass is 10.0. The van der Waals surface area contributed by atoms with Crippen LogP contribution in [0, 0.1) is 5.92 Å². The minimum absolute atomic E-state index is 0.0572. The van der Waals surface area contributed by atoms with Gasteiger partial charge in [-0.25, -0.2) is 4.52 Å². The molecule has 5 heteroatoms. The minimum atomic E-state index is -0.202. The van der Waals surface area contributed by atoms with Crippen molar-refractivity contribution in [2.45, 2.75) is 20.3 Å². The molecular formula is C12H13N3O2. The molecule has 0 saturated carbocycles. The van der Waals surface area contributed by atoms with Crippen LogP contribution in [0.5, 0.6) is 0 Å². The van der Waals surface area contributed by atoms with Crippen molar-refractivity contribution in [2.75, 3.05) is 0 Å². The standard InChI is InChI=1S/C12H13N3O2/c1-8(2)11(16)5-12(17)9-6-14-15-4-3-13-7-10(9)15/h3-4,6-8H,5H2,1-2H3. The maximum absolute atomic E-state index is 11.9. The van der Waals surface area contributed by atoms with E-state index in [1.807, 2.05) is 0 Å².